The average Bonchev–Trinajstić information content (AvgIpc) is 3.05. The van der Waals surface area contributed by atoms with E-state index < -0.39 is 5.97 Å². The number of nitrogens with one attached hydrogen (secondary N) is 1. The number of carbonyl (C=O) groups is 1. The number of methoxy groups -OCH3 is 2. The fourth-order valence-corrected chi connectivity index (χ4v) is 3.84. The Kier molecular flexibility index (Phi) is 6.06. The molecule has 8 heteroatoms. The molecule has 0 bridgehead atoms. The molecule has 0 amide bonds. The van der Waals surface area contributed by atoms with Gasteiger partial charge in [-0.15, -0.1) is 11.3 Å². The lowest BCUT2D eigenvalue weighted by atomic mass is 10.1. The molecule has 0 fully saturated rings. The Balaban J connectivity index is 2.00. The number of halogens is 1. The molecule has 0 saturated carbocycles. The largest absolute Gasteiger partial charge is 0.493 e. The molecule has 3 aromatic rings. The third-order valence-corrected chi connectivity index (χ3v) is 5.47. The summed E-state index contributed by atoms with van der Waals surface area (Å²) >= 11 is 7.48. The molecule has 0 aliphatic heterocycles. The van der Waals surface area contributed by atoms with Crippen molar-refractivity contribution in [2.45, 2.75) is 13.3 Å². The van der Waals surface area contributed by atoms with Gasteiger partial charge in [0, 0.05) is 21.2 Å². The number of hydrogen-bond donors (Lipinski definition) is 2. The van der Waals surface area contributed by atoms with Gasteiger partial charge in [0.25, 0.3) is 0 Å². The number of benzene rings is 2. The zero-order valence-corrected chi connectivity index (χ0v) is 17.1. The molecule has 0 saturated heterocycles. The highest BCUT2D eigenvalue weighted by atomic mass is 35.5. The molecule has 2 aromatic carbocycles. The standard InChI is InChI=1S/C20H19ClN2O4S/c1-11-4-6-13(9-14(11)21)22-20-23-19(17(28-20)10-18(24)25)12-5-7-15(26-2)16(8-12)27-3/h4-9H,10H2,1-3H3,(H,22,23)(H,24,25). The Hall–Kier alpha value is -2.77. The summed E-state index contributed by atoms with van der Waals surface area (Å²) in [5, 5.41) is 13.7. The molecule has 28 heavy (non-hydrogen) atoms. The van der Waals surface area contributed by atoms with Crippen LogP contribution < -0.4 is 14.8 Å². The molecule has 0 radical (unpaired) electrons. The van der Waals surface area contributed by atoms with Gasteiger partial charge < -0.3 is 19.9 Å². The summed E-state index contributed by atoms with van der Waals surface area (Å²) in [6.07, 6.45) is -0.127. The van der Waals surface area contributed by atoms with Crippen LogP contribution in [0, 0.1) is 6.92 Å². The van der Waals surface area contributed by atoms with Gasteiger partial charge in [-0.3, -0.25) is 4.79 Å². The summed E-state index contributed by atoms with van der Waals surface area (Å²) in [6.45, 7) is 1.93. The Morgan fingerprint density at radius 2 is 1.93 bits per heavy atom. The van der Waals surface area contributed by atoms with Crippen molar-refractivity contribution < 1.29 is 19.4 Å². The molecule has 3 rings (SSSR count). The number of aromatic nitrogens is 1. The average molecular weight is 419 g/mol. The summed E-state index contributed by atoms with van der Waals surface area (Å²) in [5.41, 5.74) is 3.10. The van der Waals surface area contributed by atoms with Crippen molar-refractivity contribution in [1.82, 2.24) is 4.98 Å². The minimum Gasteiger partial charge on any atom is -0.493 e. The first-order valence-corrected chi connectivity index (χ1v) is 9.57. The van der Waals surface area contributed by atoms with Crippen LogP contribution in [0.3, 0.4) is 0 Å². The number of nitrogens with zero attached hydrogens (tertiary/aromatic N) is 1. The Morgan fingerprint density at radius 1 is 1.18 bits per heavy atom. The van der Waals surface area contributed by atoms with E-state index in [2.05, 4.69) is 10.3 Å². The van der Waals surface area contributed by atoms with Crippen molar-refractivity contribution in [2.75, 3.05) is 19.5 Å². The minimum atomic E-state index is -0.921. The summed E-state index contributed by atoms with van der Waals surface area (Å²) in [5.74, 6) is 0.221. The second kappa shape index (κ2) is 8.50. The van der Waals surface area contributed by atoms with Gasteiger partial charge in [0.05, 0.1) is 26.3 Å². The quantitative estimate of drug-likeness (QED) is 0.551. The first-order valence-electron chi connectivity index (χ1n) is 8.38. The van der Waals surface area contributed by atoms with E-state index in [-0.39, 0.29) is 6.42 Å². The number of hydrogen-bond acceptors (Lipinski definition) is 6. The molecule has 1 heterocycles. The van der Waals surface area contributed by atoms with Gasteiger partial charge in [-0.2, -0.15) is 0 Å². The third kappa shape index (κ3) is 4.37. The van der Waals surface area contributed by atoms with Gasteiger partial charge in [0.15, 0.2) is 16.6 Å². The van der Waals surface area contributed by atoms with E-state index >= 15 is 0 Å². The van der Waals surface area contributed by atoms with E-state index in [1.807, 2.05) is 31.2 Å². The van der Waals surface area contributed by atoms with Crippen molar-refractivity contribution in [3.8, 4) is 22.8 Å². The molecular weight excluding hydrogens is 400 g/mol. The second-order valence-corrected chi connectivity index (χ2v) is 7.51. The first-order chi connectivity index (χ1) is 13.4. The predicted octanol–water partition coefficient (Wildman–Crippen LogP) is 5.16. The van der Waals surface area contributed by atoms with Crippen molar-refractivity contribution in [3.05, 3.63) is 51.9 Å². The van der Waals surface area contributed by atoms with Gasteiger partial charge in [-0.25, -0.2) is 4.98 Å². The van der Waals surface area contributed by atoms with Crippen LogP contribution in [0.25, 0.3) is 11.3 Å². The Labute approximate surface area is 171 Å². The highest BCUT2D eigenvalue weighted by Crippen LogP contribution is 2.37. The molecule has 146 valence electrons. The van der Waals surface area contributed by atoms with Crippen LogP contribution in [0.2, 0.25) is 5.02 Å². The van der Waals surface area contributed by atoms with Crippen LogP contribution in [-0.4, -0.2) is 30.3 Å². The summed E-state index contributed by atoms with van der Waals surface area (Å²) < 4.78 is 10.6. The molecule has 2 N–H and O–H groups in total. The number of ether oxygens (including phenoxy) is 2. The number of anilines is 2. The van der Waals surface area contributed by atoms with Crippen LogP contribution in [0.5, 0.6) is 11.5 Å². The zero-order valence-electron chi connectivity index (χ0n) is 15.6. The van der Waals surface area contributed by atoms with Crippen LogP contribution >= 0.6 is 22.9 Å². The van der Waals surface area contributed by atoms with Crippen molar-refractivity contribution in [3.63, 3.8) is 0 Å². The molecule has 1 aromatic heterocycles. The summed E-state index contributed by atoms with van der Waals surface area (Å²) in [6, 6.07) is 11.0. The van der Waals surface area contributed by atoms with E-state index in [1.54, 1.807) is 26.4 Å². The smallest absolute Gasteiger partial charge is 0.308 e. The normalized spacial score (nSPS) is 10.6. The third-order valence-electron chi connectivity index (χ3n) is 4.09. The lowest BCUT2D eigenvalue weighted by molar-refractivity contribution is -0.136. The summed E-state index contributed by atoms with van der Waals surface area (Å²) in [4.78, 5) is 16.6. The molecule has 0 spiro atoms. The predicted molar refractivity (Wildman–Crippen MR) is 111 cm³/mol. The number of thiazole rings is 1. The fraction of sp³-hybridized carbons (Fsp3) is 0.200. The highest BCUT2D eigenvalue weighted by molar-refractivity contribution is 7.16. The van der Waals surface area contributed by atoms with Gasteiger partial charge >= 0.3 is 5.97 Å². The number of aryl methyl sites for hydroxylation is 1. The lowest BCUT2D eigenvalue weighted by Crippen LogP contribution is -1.99. The van der Waals surface area contributed by atoms with Crippen LogP contribution in [0.1, 0.15) is 10.4 Å². The maximum absolute atomic E-state index is 11.3. The van der Waals surface area contributed by atoms with Crippen LogP contribution in [0.15, 0.2) is 36.4 Å². The number of aliphatic carboxylic acids is 1. The van der Waals surface area contributed by atoms with E-state index in [4.69, 9.17) is 21.1 Å². The second-order valence-electron chi connectivity index (χ2n) is 6.02. The Bertz CT molecular complexity index is 1020. The van der Waals surface area contributed by atoms with Crippen LogP contribution in [-0.2, 0) is 11.2 Å². The van der Waals surface area contributed by atoms with Crippen LogP contribution in [0.4, 0.5) is 10.8 Å². The van der Waals surface area contributed by atoms with E-state index in [1.165, 1.54) is 11.3 Å². The van der Waals surface area contributed by atoms with Crippen molar-refractivity contribution in [2.24, 2.45) is 0 Å². The van der Waals surface area contributed by atoms with Gasteiger partial charge in [-0.1, -0.05) is 17.7 Å². The topological polar surface area (TPSA) is 80.7 Å². The monoisotopic (exact) mass is 418 g/mol. The Morgan fingerprint density at radius 3 is 2.57 bits per heavy atom. The van der Waals surface area contributed by atoms with Crippen molar-refractivity contribution in [1.29, 1.82) is 0 Å². The SMILES string of the molecule is COc1ccc(-c2nc(Nc3ccc(C)c(Cl)c3)sc2CC(=O)O)cc1OC. The lowest BCUT2D eigenvalue weighted by Gasteiger charge is -2.09. The van der Waals surface area contributed by atoms with E-state index in [9.17, 15) is 9.90 Å². The molecule has 0 atom stereocenters. The van der Waals surface area contributed by atoms with E-state index in [0.717, 1.165) is 16.8 Å². The number of carboxylic acids is 1. The maximum Gasteiger partial charge on any atom is 0.308 e. The minimum absolute atomic E-state index is 0.127. The number of rotatable bonds is 7. The zero-order chi connectivity index (χ0) is 20.3. The molecule has 6 nitrogen and oxygen atoms in total. The van der Waals surface area contributed by atoms with Gasteiger partial charge in [-0.05, 0) is 42.8 Å². The number of carboxylic acid groups (broad SMARTS) is 1. The molecule has 0 aliphatic rings. The molecular formula is C20H19ClN2O4S. The highest BCUT2D eigenvalue weighted by Gasteiger charge is 2.18. The molecule has 0 unspecified atom stereocenters. The summed E-state index contributed by atoms with van der Waals surface area (Å²) in [7, 11) is 3.11. The molecule has 0 aliphatic carbocycles. The fourth-order valence-electron chi connectivity index (χ4n) is 2.67. The maximum atomic E-state index is 11.3. The van der Waals surface area contributed by atoms with E-state index in [0.29, 0.717) is 32.2 Å². The first kappa shape index (κ1) is 20.0. The van der Waals surface area contributed by atoms with Gasteiger partial charge in [0.1, 0.15) is 0 Å². The van der Waals surface area contributed by atoms with Crippen molar-refractivity contribution >= 4 is 39.7 Å². The van der Waals surface area contributed by atoms with Gasteiger partial charge in [0.2, 0.25) is 0 Å².